The number of hydrogen-bond acceptors (Lipinski definition) is 3. The molecule has 2 rings (SSSR count). The van der Waals surface area contributed by atoms with E-state index < -0.39 is 0 Å². The van der Waals surface area contributed by atoms with Crippen LogP contribution in [0.5, 0.6) is 5.75 Å². The molecule has 0 bridgehead atoms. The predicted octanol–water partition coefficient (Wildman–Crippen LogP) is 3.75. The molecule has 1 N–H and O–H groups in total. The summed E-state index contributed by atoms with van der Waals surface area (Å²) >= 11 is 2.27. The van der Waals surface area contributed by atoms with Gasteiger partial charge in [-0.15, -0.1) is 0 Å². The third kappa shape index (κ3) is 2.88. The van der Waals surface area contributed by atoms with Gasteiger partial charge in [0.25, 0.3) is 0 Å². The van der Waals surface area contributed by atoms with Gasteiger partial charge in [0.2, 0.25) is 0 Å². The van der Waals surface area contributed by atoms with Crippen molar-refractivity contribution in [3.05, 3.63) is 45.7 Å². The van der Waals surface area contributed by atoms with Gasteiger partial charge < -0.3 is 10.1 Å². The van der Waals surface area contributed by atoms with E-state index in [0.29, 0.717) is 0 Å². The van der Waals surface area contributed by atoms with Gasteiger partial charge in [-0.05, 0) is 53.3 Å². The molecule has 0 radical (unpaired) electrons. The Morgan fingerprint density at radius 1 is 1.29 bits per heavy atom. The van der Waals surface area contributed by atoms with E-state index in [2.05, 4.69) is 39.0 Å². The molecule has 1 aromatic carbocycles. The van der Waals surface area contributed by atoms with Crippen LogP contribution in [-0.2, 0) is 0 Å². The molecular weight excluding hydrogens is 327 g/mol. The first-order valence-electron chi connectivity index (χ1n) is 5.23. The Morgan fingerprint density at radius 2 is 2.06 bits per heavy atom. The molecule has 0 aliphatic carbocycles. The second kappa shape index (κ2) is 5.35. The standard InChI is InChI=1S/C13H13IN2O/c1-9-7-10(14)13(15-8-9)16-11-5-3-4-6-12(11)17-2/h3-8H,1-2H3,(H,15,16). The van der Waals surface area contributed by atoms with Gasteiger partial charge in [-0.1, -0.05) is 12.1 Å². The van der Waals surface area contributed by atoms with Crippen molar-refractivity contribution in [3.8, 4) is 5.75 Å². The first-order valence-corrected chi connectivity index (χ1v) is 6.31. The number of anilines is 2. The van der Waals surface area contributed by atoms with Crippen LogP contribution >= 0.6 is 22.6 Å². The zero-order chi connectivity index (χ0) is 12.3. The lowest BCUT2D eigenvalue weighted by Crippen LogP contribution is -1.98. The summed E-state index contributed by atoms with van der Waals surface area (Å²) in [5.74, 6) is 1.66. The molecule has 1 aromatic heterocycles. The van der Waals surface area contributed by atoms with Gasteiger partial charge in [-0.3, -0.25) is 0 Å². The molecular formula is C13H13IN2O. The Labute approximate surface area is 114 Å². The van der Waals surface area contributed by atoms with Gasteiger partial charge in [0, 0.05) is 6.20 Å². The number of rotatable bonds is 3. The molecule has 4 heteroatoms. The lowest BCUT2D eigenvalue weighted by molar-refractivity contribution is 0.417. The Bertz CT molecular complexity index is 529. The van der Waals surface area contributed by atoms with Gasteiger partial charge in [-0.25, -0.2) is 4.98 Å². The number of methoxy groups -OCH3 is 1. The Hall–Kier alpha value is -1.30. The van der Waals surface area contributed by atoms with Crippen LogP contribution in [0.3, 0.4) is 0 Å². The lowest BCUT2D eigenvalue weighted by Gasteiger charge is -2.11. The molecule has 0 amide bonds. The second-order valence-corrected chi connectivity index (χ2v) is 4.83. The fraction of sp³-hybridized carbons (Fsp3) is 0.154. The number of benzene rings is 1. The monoisotopic (exact) mass is 340 g/mol. The first kappa shape index (κ1) is 12.2. The van der Waals surface area contributed by atoms with E-state index in [1.54, 1.807) is 7.11 Å². The minimum atomic E-state index is 0.811. The minimum Gasteiger partial charge on any atom is -0.495 e. The van der Waals surface area contributed by atoms with Crippen LogP contribution in [0.15, 0.2) is 36.5 Å². The van der Waals surface area contributed by atoms with Crippen LogP contribution in [0, 0.1) is 10.5 Å². The lowest BCUT2D eigenvalue weighted by atomic mass is 10.3. The van der Waals surface area contributed by atoms with Crippen LogP contribution in [0.1, 0.15) is 5.56 Å². The van der Waals surface area contributed by atoms with Crippen LogP contribution < -0.4 is 10.1 Å². The quantitative estimate of drug-likeness (QED) is 0.865. The molecule has 1 heterocycles. The fourth-order valence-corrected chi connectivity index (χ4v) is 2.27. The average molecular weight is 340 g/mol. The molecule has 0 fully saturated rings. The summed E-state index contributed by atoms with van der Waals surface area (Å²) in [5, 5.41) is 3.28. The molecule has 0 saturated heterocycles. The topological polar surface area (TPSA) is 34.1 Å². The van der Waals surface area contributed by atoms with Crippen molar-refractivity contribution < 1.29 is 4.74 Å². The highest BCUT2D eigenvalue weighted by Gasteiger charge is 2.05. The zero-order valence-corrected chi connectivity index (χ0v) is 11.9. The van der Waals surface area contributed by atoms with E-state index in [1.807, 2.05) is 37.4 Å². The van der Waals surface area contributed by atoms with Crippen molar-refractivity contribution in [3.63, 3.8) is 0 Å². The summed E-state index contributed by atoms with van der Waals surface area (Å²) in [7, 11) is 1.66. The summed E-state index contributed by atoms with van der Waals surface area (Å²) in [4.78, 5) is 4.37. The molecule has 88 valence electrons. The fourth-order valence-electron chi connectivity index (χ4n) is 1.50. The van der Waals surface area contributed by atoms with Crippen molar-refractivity contribution in [2.75, 3.05) is 12.4 Å². The molecule has 0 atom stereocenters. The van der Waals surface area contributed by atoms with E-state index in [1.165, 1.54) is 0 Å². The summed E-state index contributed by atoms with van der Waals surface area (Å²) in [6.07, 6.45) is 1.85. The number of aromatic nitrogens is 1. The Balaban J connectivity index is 2.31. The first-order chi connectivity index (χ1) is 8.20. The largest absolute Gasteiger partial charge is 0.495 e. The van der Waals surface area contributed by atoms with Gasteiger partial charge in [0.05, 0.1) is 16.4 Å². The van der Waals surface area contributed by atoms with Crippen LogP contribution in [0.2, 0.25) is 0 Å². The number of para-hydroxylation sites is 2. The van der Waals surface area contributed by atoms with Crippen LogP contribution in [0.25, 0.3) is 0 Å². The van der Waals surface area contributed by atoms with Crippen molar-refractivity contribution in [2.24, 2.45) is 0 Å². The third-order valence-corrected chi connectivity index (χ3v) is 3.16. The maximum atomic E-state index is 5.29. The number of pyridine rings is 1. The summed E-state index contributed by atoms with van der Waals surface area (Å²) in [5.41, 5.74) is 2.07. The van der Waals surface area contributed by atoms with Gasteiger partial charge in [0.1, 0.15) is 11.6 Å². The highest BCUT2D eigenvalue weighted by Crippen LogP contribution is 2.28. The number of aryl methyl sites for hydroxylation is 1. The number of ether oxygens (including phenoxy) is 1. The third-order valence-electron chi connectivity index (χ3n) is 2.34. The smallest absolute Gasteiger partial charge is 0.143 e. The number of nitrogens with zero attached hydrogens (tertiary/aromatic N) is 1. The summed E-state index contributed by atoms with van der Waals surface area (Å²) in [6.45, 7) is 2.03. The van der Waals surface area contributed by atoms with Crippen molar-refractivity contribution in [1.82, 2.24) is 4.98 Å². The zero-order valence-electron chi connectivity index (χ0n) is 9.70. The molecule has 0 saturated carbocycles. The molecule has 0 spiro atoms. The van der Waals surface area contributed by atoms with E-state index in [9.17, 15) is 0 Å². The molecule has 0 aliphatic heterocycles. The van der Waals surface area contributed by atoms with Crippen molar-refractivity contribution in [2.45, 2.75) is 6.92 Å². The molecule has 0 unspecified atom stereocenters. The SMILES string of the molecule is COc1ccccc1Nc1ncc(C)cc1I. The maximum absolute atomic E-state index is 5.29. The van der Waals surface area contributed by atoms with Gasteiger partial charge >= 0.3 is 0 Å². The molecule has 3 nitrogen and oxygen atoms in total. The highest BCUT2D eigenvalue weighted by atomic mass is 127. The second-order valence-electron chi connectivity index (χ2n) is 3.67. The normalized spacial score (nSPS) is 10.1. The molecule has 2 aromatic rings. The maximum Gasteiger partial charge on any atom is 0.143 e. The number of nitrogens with one attached hydrogen (secondary N) is 1. The minimum absolute atomic E-state index is 0.811. The number of hydrogen-bond donors (Lipinski definition) is 1. The van der Waals surface area contributed by atoms with E-state index in [4.69, 9.17) is 4.74 Å². The Kier molecular flexibility index (Phi) is 3.83. The van der Waals surface area contributed by atoms with E-state index in [0.717, 1.165) is 26.4 Å². The summed E-state index contributed by atoms with van der Waals surface area (Å²) in [6, 6.07) is 9.88. The van der Waals surface area contributed by atoms with Crippen molar-refractivity contribution in [1.29, 1.82) is 0 Å². The predicted molar refractivity (Wildman–Crippen MR) is 78.0 cm³/mol. The van der Waals surface area contributed by atoms with Crippen LogP contribution in [-0.4, -0.2) is 12.1 Å². The Morgan fingerprint density at radius 3 is 2.76 bits per heavy atom. The molecule has 0 aliphatic rings. The van der Waals surface area contributed by atoms with Crippen LogP contribution in [0.4, 0.5) is 11.5 Å². The van der Waals surface area contributed by atoms with Gasteiger partial charge in [0.15, 0.2) is 0 Å². The van der Waals surface area contributed by atoms with Gasteiger partial charge in [-0.2, -0.15) is 0 Å². The highest BCUT2D eigenvalue weighted by molar-refractivity contribution is 14.1. The van der Waals surface area contributed by atoms with E-state index >= 15 is 0 Å². The van der Waals surface area contributed by atoms with Crippen molar-refractivity contribution >= 4 is 34.1 Å². The average Bonchev–Trinajstić information content (AvgIpc) is 2.33. The number of halogens is 1. The molecule has 17 heavy (non-hydrogen) atoms. The summed E-state index contributed by atoms with van der Waals surface area (Å²) < 4.78 is 6.38. The van der Waals surface area contributed by atoms with E-state index in [-0.39, 0.29) is 0 Å².